The van der Waals surface area contributed by atoms with Crippen molar-refractivity contribution < 1.29 is 0 Å². The molecule has 1 atom stereocenters. The van der Waals surface area contributed by atoms with E-state index < -0.39 is 0 Å². The second kappa shape index (κ2) is 5.67. The van der Waals surface area contributed by atoms with Crippen molar-refractivity contribution in [2.75, 3.05) is 11.9 Å². The summed E-state index contributed by atoms with van der Waals surface area (Å²) in [7, 11) is 2.00. The molecule has 0 bridgehead atoms. The summed E-state index contributed by atoms with van der Waals surface area (Å²) >= 11 is 9.36. The second-order valence-corrected chi connectivity index (χ2v) is 5.29. The van der Waals surface area contributed by atoms with Gasteiger partial charge in [-0.15, -0.1) is 0 Å². The first-order valence-electron chi connectivity index (χ1n) is 5.54. The maximum absolute atomic E-state index is 6.01. The normalized spacial score (nSPS) is 12.2. The van der Waals surface area contributed by atoms with Crippen molar-refractivity contribution in [1.29, 1.82) is 0 Å². The predicted octanol–water partition coefficient (Wildman–Crippen LogP) is 4.09. The van der Waals surface area contributed by atoms with Gasteiger partial charge in [0.15, 0.2) is 0 Å². The fraction of sp³-hybridized carbons (Fsp3) is 0.231. The maximum Gasteiger partial charge on any atom is 0.133 e. The number of rotatable bonds is 3. The second-order valence-electron chi connectivity index (χ2n) is 4.04. The molecule has 0 aliphatic heterocycles. The van der Waals surface area contributed by atoms with Crippen LogP contribution in [0.4, 0.5) is 5.82 Å². The van der Waals surface area contributed by atoms with Gasteiger partial charge in [-0.05, 0) is 40.5 Å². The highest BCUT2D eigenvalue weighted by molar-refractivity contribution is 9.10. The lowest BCUT2D eigenvalue weighted by molar-refractivity contribution is 0.726. The van der Waals surface area contributed by atoms with Crippen LogP contribution in [-0.2, 0) is 0 Å². The van der Waals surface area contributed by atoms with Gasteiger partial charge >= 0.3 is 0 Å². The molecular formula is C13H13BrClN3. The van der Waals surface area contributed by atoms with Gasteiger partial charge in [0, 0.05) is 18.1 Å². The quantitative estimate of drug-likeness (QED) is 0.796. The number of hydrogen-bond acceptors (Lipinski definition) is 3. The van der Waals surface area contributed by atoms with Gasteiger partial charge in [-0.25, -0.2) is 9.97 Å². The van der Waals surface area contributed by atoms with E-state index in [1.165, 1.54) is 0 Å². The van der Waals surface area contributed by atoms with E-state index in [0.29, 0.717) is 0 Å². The Morgan fingerprint density at radius 1 is 1.28 bits per heavy atom. The van der Waals surface area contributed by atoms with Crippen LogP contribution in [0.15, 0.2) is 41.3 Å². The Morgan fingerprint density at radius 3 is 2.72 bits per heavy atom. The third-order valence-electron chi connectivity index (χ3n) is 2.89. The topological polar surface area (TPSA) is 29.0 Å². The first-order valence-corrected chi connectivity index (χ1v) is 6.71. The molecule has 3 nitrogen and oxygen atoms in total. The monoisotopic (exact) mass is 325 g/mol. The van der Waals surface area contributed by atoms with Crippen molar-refractivity contribution in [1.82, 2.24) is 9.97 Å². The molecule has 0 aliphatic carbocycles. The van der Waals surface area contributed by atoms with Gasteiger partial charge in [-0.3, -0.25) is 0 Å². The Morgan fingerprint density at radius 2 is 2.06 bits per heavy atom. The Kier molecular flexibility index (Phi) is 4.19. The largest absolute Gasteiger partial charge is 0.353 e. The van der Waals surface area contributed by atoms with E-state index in [4.69, 9.17) is 11.6 Å². The molecule has 18 heavy (non-hydrogen) atoms. The minimum Gasteiger partial charge on any atom is -0.353 e. The average molecular weight is 327 g/mol. The van der Waals surface area contributed by atoms with E-state index in [0.717, 1.165) is 21.0 Å². The maximum atomic E-state index is 6.01. The lowest BCUT2D eigenvalue weighted by atomic mass is 10.1. The van der Waals surface area contributed by atoms with Crippen LogP contribution < -0.4 is 4.90 Å². The minimum atomic E-state index is 0.186. The highest BCUT2D eigenvalue weighted by Crippen LogP contribution is 2.26. The molecule has 1 aromatic carbocycles. The fourth-order valence-electron chi connectivity index (χ4n) is 1.71. The van der Waals surface area contributed by atoms with Gasteiger partial charge in [0.1, 0.15) is 16.7 Å². The zero-order valence-corrected chi connectivity index (χ0v) is 12.5. The van der Waals surface area contributed by atoms with E-state index in [1.54, 1.807) is 6.33 Å². The summed E-state index contributed by atoms with van der Waals surface area (Å²) in [5.41, 5.74) is 1.15. The first-order chi connectivity index (χ1) is 8.58. The van der Waals surface area contributed by atoms with Crippen molar-refractivity contribution >= 4 is 33.3 Å². The van der Waals surface area contributed by atoms with E-state index >= 15 is 0 Å². The Balaban J connectivity index is 2.26. The number of nitrogens with zero attached hydrogens (tertiary/aromatic N) is 3. The van der Waals surface area contributed by atoms with Crippen molar-refractivity contribution in [3.05, 3.63) is 51.8 Å². The van der Waals surface area contributed by atoms with Crippen LogP contribution in [0.5, 0.6) is 0 Å². The van der Waals surface area contributed by atoms with E-state index in [2.05, 4.69) is 43.8 Å². The summed E-state index contributed by atoms with van der Waals surface area (Å²) in [4.78, 5) is 10.4. The van der Waals surface area contributed by atoms with Gasteiger partial charge < -0.3 is 4.90 Å². The third kappa shape index (κ3) is 3.00. The Hall–Kier alpha value is -1.13. The summed E-state index contributed by atoms with van der Waals surface area (Å²) in [5.74, 6) is 0.865. The van der Waals surface area contributed by atoms with Crippen LogP contribution in [0.1, 0.15) is 18.5 Å². The Labute approximate surface area is 120 Å². The third-order valence-corrected chi connectivity index (χ3v) is 3.56. The van der Waals surface area contributed by atoms with Gasteiger partial charge in [0.25, 0.3) is 0 Å². The molecule has 0 radical (unpaired) electrons. The van der Waals surface area contributed by atoms with Crippen LogP contribution in [0, 0.1) is 0 Å². The zero-order chi connectivity index (χ0) is 13.1. The van der Waals surface area contributed by atoms with Crippen LogP contribution >= 0.6 is 27.5 Å². The van der Waals surface area contributed by atoms with E-state index in [1.807, 2.05) is 31.3 Å². The molecule has 1 unspecified atom stereocenters. The van der Waals surface area contributed by atoms with Crippen LogP contribution in [0.2, 0.25) is 5.02 Å². The summed E-state index contributed by atoms with van der Waals surface area (Å²) in [6.07, 6.45) is 1.54. The molecule has 0 spiro atoms. The molecule has 1 heterocycles. The van der Waals surface area contributed by atoms with Crippen LogP contribution in [-0.4, -0.2) is 17.0 Å². The summed E-state index contributed by atoms with van der Waals surface area (Å²) in [6.45, 7) is 2.11. The molecule has 1 aromatic heterocycles. The van der Waals surface area contributed by atoms with Crippen LogP contribution in [0.3, 0.4) is 0 Å². The zero-order valence-electron chi connectivity index (χ0n) is 10.1. The van der Waals surface area contributed by atoms with Crippen molar-refractivity contribution in [2.24, 2.45) is 0 Å². The van der Waals surface area contributed by atoms with Crippen molar-refractivity contribution in [3.8, 4) is 0 Å². The molecule has 5 heteroatoms. The minimum absolute atomic E-state index is 0.186. The standard InChI is InChI=1S/C13H13BrClN3/c1-9(10-4-3-5-11(15)6-10)18(2)13-7-12(14)16-8-17-13/h3-9H,1-2H3. The molecule has 0 fully saturated rings. The summed E-state index contributed by atoms with van der Waals surface area (Å²) < 4.78 is 0.776. The smallest absolute Gasteiger partial charge is 0.133 e. The van der Waals surface area contributed by atoms with Gasteiger partial charge in [-0.2, -0.15) is 0 Å². The molecule has 0 N–H and O–H groups in total. The average Bonchev–Trinajstić information content (AvgIpc) is 2.37. The molecule has 0 amide bonds. The highest BCUT2D eigenvalue weighted by atomic mass is 79.9. The molecular weight excluding hydrogens is 314 g/mol. The number of halogens is 2. The van der Waals surface area contributed by atoms with Crippen molar-refractivity contribution in [2.45, 2.75) is 13.0 Å². The lowest BCUT2D eigenvalue weighted by Crippen LogP contribution is -2.22. The fourth-order valence-corrected chi connectivity index (χ4v) is 2.20. The summed E-state index contributed by atoms with van der Waals surface area (Å²) in [5, 5.41) is 0.747. The number of aromatic nitrogens is 2. The van der Waals surface area contributed by atoms with E-state index in [-0.39, 0.29) is 6.04 Å². The van der Waals surface area contributed by atoms with Gasteiger partial charge in [0.05, 0.1) is 6.04 Å². The molecule has 0 saturated carbocycles. The Bertz CT molecular complexity index is 498. The molecule has 94 valence electrons. The molecule has 0 aliphatic rings. The SMILES string of the molecule is CC(c1cccc(Cl)c1)N(C)c1cc(Br)ncn1. The highest BCUT2D eigenvalue weighted by Gasteiger charge is 2.14. The number of hydrogen-bond donors (Lipinski definition) is 0. The molecule has 2 rings (SSSR count). The number of benzene rings is 1. The van der Waals surface area contributed by atoms with E-state index in [9.17, 15) is 0 Å². The molecule has 0 saturated heterocycles. The van der Waals surface area contributed by atoms with Gasteiger partial charge in [-0.1, -0.05) is 23.7 Å². The van der Waals surface area contributed by atoms with Crippen LogP contribution in [0.25, 0.3) is 0 Å². The van der Waals surface area contributed by atoms with Gasteiger partial charge in [0.2, 0.25) is 0 Å². The van der Waals surface area contributed by atoms with Crippen molar-refractivity contribution in [3.63, 3.8) is 0 Å². The predicted molar refractivity (Wildman–Crippen MR) is 78.0 cm³/mol. The first kappa shape index (κ1) is 13.3. The number of anilines is 1. The summed E-state index contributed by atoms with van der Waals surface area (Å²) in [6, 6.07) is 9.94. The lowest BCUT2D eigenvalue weighted by Gasteiger charge is -2.26. The molecule has 2 aromatic rings.